The quantitative estimate of drug-likeness (QED) is 0.367. The van der Waals surface area contributed by atoms with Crippen molar-refractivity contribution in [2.45, 2.75) is 6.18 Å². The molecule has 0 bridgehead atoms. The minimum Gasteiger partial charge on any atom is -0.398 e. The highest BCUT2D eigenvalue weighted by molar-refractivity contribution is 6.05. The Labute approximate surface area is 200 Å². The van der Waals surface area contributed by atoms with Gasteiger partial charge in [-0.2, -0.15) is 33.7 Å². The van der Waals surface area contributed by atoms with Crippen molar-refractivity contribution in [2.75, 3.05) is 11.1 Å². The van der Waals surface area contributed by atoms with Crippen LogP contribution in [-0.2, 0) is 6.18 Å². The summed E-state index contributed by atoms with van der Waals surface area (Å²) in [5.41, 5.74) is 4.51. The monoisotopic (exact) mass is 489 g/mol. The van der Waals surface area contributed by atoms with E-state index in [1.165, 1.54) is 36.8 Å². The second-order valence-corrected chi connectivity index (χ2v) is 7.52. The van der Waals surface area contributed by atoms with E-state index in [4.69, 9.17) is 5.73 Å². The molecular formula is C23H14F3N9O. The van der Waals surface area contributed by atoms with E-state index >= 15 is 0 Å². The SMILES string of the molecule is N#Cc1cc(NC(=O)c2cnn(-c3ccc(N)c4ccccc34)c2C(F)(F)F)cnc1-n1nccn1. The van der Waals surface area contributed by atoms with Crippen LogP contribution in [0, 0.1) is 11.3 Å². The molecule has 1 amide bonds. The van der Waals surface area contributed by atoms with Crippen LogP contribution < -0.4 is 11.1 Å². The minimum absolute atomic E-state index is 0.00378. The van der Waals surface area contributed by atoms with Crippen molar-refractivity contribution in [2.24, 2.45) is 0 Å². The Morgan fingerprint density at radius 1 is 1.03 bits per heavy atom. The lowest BCUT2D eigenvalue weighted by molar-refractivity contribution is -0.143. The molecule has 5 aromatic rings. The predicted molar refractivity (Wildman–Crippen MR) is 122 cm³/mol. The summed E-state index contributed by atoms with van der Waals surface area (Å²) in [7, 11) is 0. The van der Waals surface area contributed by atoms with Crippen LogP contribution in [0.2, 0.25) is 0 Å². The summed E-state index contributed by atoms with van der Waals surface area (Å²) in [6.45, 7) is 0. The maximum atomic E-state index is 14.2. The number of hydrogen-bond donors (Lipinski definition) is 2. The molecule has 36 heavy (non-hydrogen) atoms. The van der Waals surface area contributed by atoms with Gasteiger partial charge in [0.05, 0.1) is 41.7 Å². The molecule has 0 fully saturated rings. The maximum absolute atomic E-state index is 14.2. The van der Waals surface area contributed by atoms with Crippen molar-refractivity contribution >= 4 is 28.1 Å². The fraction of sp³-hybridized carbons (Fsp3) is 0.0435. The number of benzene rings is 2. The molecule has 0 aliphatic rings. The zero-order chi connectivity index (χ0) is 25.4. The normalized spacial score (nSPS) is 11.4. The lowest BCUT2D eigenvalue weighted by Crippen LogP contribution is -2.21. The Balaban J connectivity index is 1.55. The van der Waals surface area contributed by atoms with Crippen LogP contribution in [0.3, 0.4) is 0 Å². The van der Waals surface area contributed by atoms with Gasteiger partial charge >= 0.3 is 6.18 Å². The summed E-state index contributed by atoms with van der Waals surface area (Å²) in [5.74, 6) is -0.983. The van der Waals surface area contributed by atoms with Crippen molar-refractivity contribution in [3.05, 3.63) is 84.1 Å². The third kappa shape index (κ3) is 3.86. The number of carbonyl (C=O) groups excluding carboxylic acids is 1. The fourth-order valence-electron chi connectivity index (χ4n) is 3.75. The number of aromatic nitrogens is 6. The van der Waals surface area contributed by atoms with E-state index in [-0.39, 0.29) is 22.8 Å². The highest BCUT2D eigenvalue weighted by Crippen LogP contribution is 2.36. The van der Waals surface area contributed by atoms with E-state index in [0.717, 1.165) is 11.0 Å². The average Bonchev–Trinajstić information content (AvgIpc) is 3.55. The highest BCUT2D eigenvalue weighted by atomic mass is 19.4. The Bertz CT molecular complexity index is 1650. The summed E-state index contributed by atoms with van der Waals surface area (Å²) in [6.07, 6.45) is -0.123. The smallest absolute Gasteiger partial charge is 0.398 e. The molecule has 0 aliphatic carbocycles. The number of alkyl halides is 3. The highest BCUT2D eigenvalue weighted by Gasteiger charge is 2.41. The molecule has 0 unspecified atom stereocenters. The Morgan fingerprint density at radius 2 is 1.75 bits per heavy atom. The largest absolute Gasteiger partial charge is 0.434 e. The van der Waals surface area contributed by atoms with Crippen molar-refractivity contribution in [3.8, 4) is 17.6 Å². The second-order valence-electron chi connectivity index (χ2n) is 7.52. The molecule has 178 valence electrons. The van der Waals surface area contributed by atoms with Gasteiger partial charge in [0.1, 0.15) is 11.6 Å². The number of pyridine rings is 1. The van der Waals surface area contributed by atoms with Gasteiger partial charge in [0.2, 0.25) is 0 Å². The second kappa shape index (κ2) is 8.51. The Morgan fingerprint density at radius 3 is 2.44 bits per heavy atom. The molecule has 10 nitrogen and oxygen atoms in total. The van der Waals surface area contributed by atoms with Crippen LogP contribution in [0.15, 0.2) is 67.3 Å². The van der Waals surface area contributed by atoms with Gasteiger partial charge in [-0.1, -0.05) is 24.3 Å². The Kier molecular flexibility index (Phi) is 5.33. The van der Waals surface area contributed by atoms with Crippen LogP contribution in [0.1, 0.15) is 21.6 Å². The minimum atomic E-state index is -4.92. The van der Waals surface area contributed by atoms with Crippen LogP contribution in [0.4, 0.5) is 24.5 Å². The first-order valence-corrected chi connectivity index (χ1v) is 10.3. The molecule has 5 rings (SSSR count). The van der Waals surface area contributed by atoms with E-state index in [1.807, 2.05) is 6.07 Å². The van der Waals surface area contributed by atoms with Gasteiger partial charge in [0, 0.05) is 16.5 Å². The van der Waals surface area contributed by atoms with E-state index in [0.29, 0.717) is 21.1 Å². The van der Waals surface area contributed by atoms with Gasteiger partial charge in [0.15, 0.2) is 11.5 Å². The molecule has 2 aromatic carbocycles. The third-order valence-corrected chi connectivity index (χ3v) is 5.30. The zero-order valence-electron chi connectivity index (χ0n) is 18.1. The van der Waals surface area contributed by atoms with Crippen LogP contribution in [-0.4, -0.2) is 35.7 Å². The summed E-state index contributed by atoms with van der Waals surface area (Å²) >= 11 is 0. The number of nitrogens with zero attached hydrogens (tertiary/aromatic N) is 7. The number of rotatable bonds is 4. The van der Waals surface area contributed by atoms with Crippen LogP contribution >= 0.6 is 0 Å². The summed E-state index contributed by atoms with van der Waals surface area (Å²) in [5, 5.41) is 24.4. The molecule has 0 saturated heterocycles. The molecular weight excluding hydrogens is 475 g/mol. The topological polar surface area (TPSA) is 140 Å². The number of fused-ring (bicyclic) bond motifs is 1. The number of nitriles is 1. The number of carbonyl (C=O) groups is 1. The average molecular weight is 489 g/mol. The van der Waals surface area contributed by atoms with Gasteiger partial charge in [0.25, 0.3) is 5.91 Å². The number of halogens is 3. The molecule has 3 heterocycles. The van der Waals surface area contributed by atoms with Crippen molar-refractivity contribution in [1.82, 2.24) is 29.8 Å². The summed E-state index contributed by atoms with van der Waals surface area (Å²) < 4.78 is 43.3. The van der Waals surface area contributed by atoms with Crippen LogP contribution in [0.5, 0.6) is 0 Å². The molecule has 3 aromatic heterocycles. The Hall–Kier alpha value is -5.25. The first kappa shape index (κ1) is 22.5. The van der Waals surface area contributed by atoms with E-state index in [2.05, 4.69) is 25.6 Å². The van der Waals surface area contributed by atoms with Crippen molar-refractivity contribution < 1.29 is 18.0 Å². The number of amides is 1. The number of nitrogens with one attached hydrogen (secondary N) is 1. The molecule has 13 heteroatoms. The molecule has 0 radical (unpaired) electrons. The first-order chi connectivity index (χ1) is 17.3. The fourth-order valence-corrected chi connectivity index (χ4v) is 3.75. The first-order valence-electron chi connectivity index (χ1n) is 10.3. The van der Waals surface area contributed by atoms with Gasteiger partial charge in [-0.05, 0) is 18.2 Å². The van der Waals surface area contributed by atoms with E-state index < -0.39 is 23.3 Å². The van der Waals surface area contributed by atoms with Gasteiger partial charge < -0.3 is 11.1 Å². The molecule has 3 N–H and O–H groups in total. The number of nitrogens with two attached hydrogens (primary N) is 1. The van der Waals surface area contributed by atoms with Gasteiger partial charge in [-0.15, -0.1) is 4.80 Å². The lowest BCUT2D eigenvalue weighted by atomic mass is 10.1. The number of anilines is 2. The molecule has 0 atom stereocenters. The maximum Gasteiger partial charge on any atom is 0.434 e. The lowest BCUT2D eigenvalue weighted by Gasteiger charge is -2.15. The zero-order valence-corrected chi connectivity index (χ0v) is 18.1. The molecule has 0 saturated carbocycles. The van der Waals surface area contributed by atoms with E-state index in [9.17, 15) is 23.2 Å². The van der Waals surface area contributed by atoms with Crippen molar-refractivity contribution in [3.63, 3.8) is 0 Å². The van der Waals surface area contributed by atoms with Gasteiger partial charge in [-0.25, -0.2) is 9.67 Å². The molecule has 0 spiro atoms. The number of hydrogen-bond acceptors (Lipinski definition) is 7. The van der Waals surface area contributed by atoms with Gasteiger partial charge in [-0.3, -0.25) is 4.79 Å². The van der Waals surface area contributed by atoms with E-state index in [1.54, 1.807) is 24.3 Å². The standard InChI is InChI=1S/C23H14F3N9O/c24-23(25,26)20-17(12-32-34(20)19-6-5-18(28)15-3-1-2-4-16(15)19)22(36)33-14-9-13(10-27)21(29-11-14)35-30-7-8-31-35/h1-9,11-12H,28H2,(H,33,36). The summed E-state index contributed by atoms with van der Waals surface area (Å²) in [6, 6.07) is 12.7. The number of nitrogen functional groups attached to an aromatic ring is 1. The third-order valence-electron chi connectivity index (χ3n) is 5.30. The van der Waals surface area contributed by atoms with Crippen molar-refractivity contribution in [1.29, 1.82) is 5.26 Å². The van der Waals surface area contributed by atoms with Crippen LogP contribution in [0.25, 0.3) is 22.3 Å². The molecule has 0 aliphatic heterocycles. The predicted octanol–water partition coefficient (Wildman–Crippen LogP) is 3.73. The summed E-state index contributed by atoms with van der Waals surface area (Å²) in [4.78, 5) is 18.1.